The van der Waals surface area contributed by atoms with Gasteiger partial charge in [0.2, 0.25) is 5.92 Å². The monoisotopic (exact) mass is 290 g/mol. The second-order valence-electron chi connectivity index (χ2n) is 5.03. The van der Waals surface area contributed by atoms with Crippen LogP contribution in [-0.2, 0) is 0 Å². The number of alkyl halides is 2. The molecule has 0 aliphatic heterocycles. The molecule has 4 nitrogen and oxygen atoms in total. The van der Waals surface area contributed by atoms with Crippen molar-refractivity contribution in [3.63, 3.8) is 0 Å². The van der Waals surface area contributed by atoms with Crippen molar-refractivity contribution in [2.24, 2.45) is 0 Å². The van der Waals surface area contributed by atoms with E-state index in [9.17, 15) is 18.7 Å². The minimum absolute atomic E-state index is 0.000741. The largest absolute Gasteiger partial charge is 0.388 e. The van der Waals surface area contributed by atoms with E-state index in [2.05, 4.69) is 10.3 Å². The van der Waals surface area contributed by atoms with Crippen molar-refractivity contribution in [2.45, 2.75) is 44.1 Å². The van der Waals surface area contributed by atoms with Gasteiger partial charge in [-0.2, -0.15) is 0 Å². The summed E-state index contributed by atoms with van der Waals surface area (Å²) in [7, 11) is 0. The molecule has 0 bridgehead atoms. The topological polar surface area (TPSA) is 62.2 Å². The van der Waals surface area contributed by atoms with Crippen molar-refractivity contribution in [3.8, 4) is 0 Å². The fraction of sp³-hybridized carbons (Fsp3) is 0.667. The van der Waals surface area contributed by atoms with Crippen molar-refractivity contribution in [2.75, 3.05) is 6.54 Å². The molecule has 1 aromatic rings. The number of aromatic nitrogens is 1. The van der Waals surface area contributed by atoms with E-state index in [1.54, 1.807) is 12.4 Å². The van der Waals surface area contributed by atoms with Crippen LogP contribution in [0.5, 0.6) is 0 Å². The third kappa shape index (κ3) is 3.48. The molecule has 1 amide bonds. The number of nitrogens with zero attached hydrogens (tertiary/aromatic N) is 1. The van der Waals surface area contributed by atoms with Gasteiger partial charge >= 0.3 is 0 Å². The van der Waals surface area contributed by atoms with E-state index in [-0.39, 0.29) is 38.1 Å². The lowest BCUT2D eigenvalue weighted by Gasteiger charge is -2.35. The molecular weight excluding hydrogens is 274 g/mol. The van der Waals surface area contributed by atoms with Gasteiger partial charge in [-0.15, -0.1) is 11.3 Å². The molecule has 1 saturated carbocycles. The number of carbonyl (C=O) groups is 1. The molecule has 0 atom stereocenters. The lowest BCUT2D eigenvalue weighted by molar-refractivity contribution is -0.101. The molecule has 2 rings (SSSR count). The average Bonchev–Trinajstić information content (AvgIpc) is 2.77. The summed E-state index contributed by atoms with van der Waals surface area (Å²) in [5.74, 6) is -3.00. The third-order valence-electron chi connectivity index (χ3n) is 3.44. The summed E-state index contributed by atoms with van der Waals surface area (Å²) in [6, 6.07) is 0. The molecule has 7 heteroatoms. The Labute approximate surface area is 113 Å². The second-order valence-corrected chi connectivity index (χ2v) is 5.88. The minimum atomic E-state index is -2.69. The maximum absolute atomic E-state index is 13.0. The van der Waals surface area contributed by atoms with Crippen molar-refractivity contribution in [3.05, 3.63) is 16.1 Å². The maximum Gasteiger partial charge on any atom is 0.263 e. The average molecular weight is 290 g/mol. The Kier molecular flexibility index (Phi) is 3.87. The first kappa shape index (κ1) is 14.3. The second kappa shape index (κ2) is 5.13. The van der Waals surface area contributed by atoms with Crippen molar-refractivity contribution in [1.82, 2.24) is 10.3 Å². The highest BCUT2D eigenvalue weighted by Gasteiger charge is 2.42. The van der Waals surface area contributed by atoms with Gasteiger partial charge in [0.05, 0.1) is 16.8 Å². The number of amides is 1. The highest BCUT2D eigenvalue weighted by Crippen LogP contribution is 2.38. The number of thiazole rings is 1. The predicted octanol–water partition coefficient (Wildman–Crippen LogP) is 2.12. The Morgan fingerprint density at radius 3 is 2.63 bits per heavy atom. The Hall–Kier alpha value is -1.08. The fourth-order valence-corrected chi connectivity index (χ4v) is 2.82. The van der Waals surface area contributed by atoms with E-state index in [0.29, 0.717) is 10.6 Å². The number of nitrogens with one attached hydrogen (secondary N) is 1. The quantitative estimate of drug-likeness (QED) is 0.896. The number of halogens is 2. The summed E-state index contributed by atoms with van der Waals surface area (Å²) in [6.45, 7) is 1.72. The molecule has 1 heterocycles. The highest BCUT2D eigenvalue weighted by atomic mass is 32.1. The van der Waals surface area contributed by atoms with Crippen LogP contribution in [0, 0.1) is 6.92 Å². The summed E-state index contributed by atoms with van der Waals surface area (Å²) < 4.78 is 26.0. The maximum atomic E-state index is 13.0. The zero-order valence-corrected chi connectivity index (χ0v) is 11.4. The summed E-state index contributed by atoms with van der Waals surface area (Å²) in [5.41, 5.74) is 0.973. The number of aliphatic hydroxyl groups is 1. The van der Waals surface area contributed by atoms with Crippen LogP contribution in [0.25, 0.3) is 0 Å². The van der Waals surface area contributed by atoms with Crippen LogP contribution in [0.1, 0.15) is 41.0 Å². The zero-order chi connectivity index (χ0) is 14.1. The first-order chi connectivity index (χ1) is 8.81. The van der Waals surface area contributed by atoms with Gasteiger partial charge in [0.1, 0.15) is 4.88 Å². The molecule has 106 valence electrons. The van der Waals surface area contributed by atoms with Crippen molar-refractivity contribution < 1.29 is 18.7 Å². The van der Waals surface area contributed by atoms with Crippen LogP contribution < -0.4 is 5.32 Å². The van der Waals surface area contributed by atoms with Crippen LogP contribution in [0.3, 0.4) is 0 Å². The summed E-state index contributed by atoms with van der Waals surface area (Å²) in [6.07, 6.45) is -0.665. The molecule has 1 aromatic heterocycles. The zero-order valence-electron chi connectivity index (χ0n) is 10.6. The van der Waals surface area contributed by atoms with Crippen molar-refractivity contribution >= 4 is 17.2 Å². The van der Waals surface area contributed by atoms with Gasteiger partial charge in [0, 0.05) is 19.4 Å². The number of carbonyl (C=O) groups excluding carboxylic acids is 1. The van der Waals surface area contributed by atoms with Gasteiger partial charge in [-0.1, -0.05) is 0 Å². The molecule has 1 fully saturated rings. The predicted molar refractivity (Wildman–Crippen MR) is 67.5 cm³/mol. The van der Waals surface area contributed by atoms with Gasteiger partial charge in [-0.25, -0.2) is 13.8 Å². The summed E-state index contributed by atoms with van der Waals surface area (Å²) in [4.78, 5) is 16.3. The number of aryl methyl sites for hydroxylation is 1. The molecule has 19 heavy (non-hydrogen) atoms. The van der Waals surface area contributed by atoms with Gasteiger partial charge in [-0.05, 0) is 19.8 Å². The molecule has 1 aliphatic carbocycles. The van der Waals surface area contributed by atoms with E-state index in [0.717, 1.165) is 0 Å². The Morgan fingerprint density at radius 2 is 2.11 bits per heavy atom. The standard InChI is InChI=1S/C12H16F2N2O2S/c1-8-9(19-7-16-8)10(17)15-6-11(18)2-4-12(13,14)5-3-11/h7,18H,2-6H2,1H3,(H,15,17). The lowest BCUT2D eigenvalue weighted by Crippen LogP contribution is -2.47. The number of rotatable bonds is 3. The van der Waals surface area contributed by atoms with E-state index < -0.39 is 11.5 Å². The first-order valence-electron chi connectivity index (χ1n) is 6.10. The van der Waals surface area contributed by atoms with Crippen LogP contribution in [0.4, 0.5) is 8.78 Å². The van der Waals surface area contributed by atoms with Crippen LogP contribution in [0.2, 0.25) is 0 Å². The van der Waals surface area contributed by atoms with Gasteiger partial charge < -0.3 is 10.4 Å². The van der Waals surface area contributed by atoms with Crippen LogP contribution in [0.15, 0.2) is 5.51 Å². The lowest BCUT2D eigenvalue weighted by atomic mass is 9.83. The molecule has 0 aromatic carbocycles. The summed E-state index contributed by atoms with van der Waals surface area (Å²) >= 11 is 1.22. The molecule has 2 N–H and O–H groups in total. The van der Waals surface area contributed by atoms with Crippen LogP contribution in [-0.4, -0.2) is 34.1 Å². The van der Waals surface area contributed by atoms with Crippen LogP contribution >= 0.6 is 11.3 Å². The van der Waals surface area contributed by atoms with Gasteiger partial charge in [0.25, 0.3) is 5.91 Å². The number of hydrogen-bond donors (Lipinski definition) is 2. The highest BCUT2D eigenvalue weighted by molar-refractivity contribution is 7.11. The minimum Gasteiger partial charge on any atom is -0.388 e. The molecule has 0 unspecified atom stereocenters. The molecule has 0 radical (unpaired) electrons. The van der Waals surface area contributed by atoms with E-state index >= 15 is 0 Å². The van der Waals surface area contributed by atoms with E-state index in [4.69, 9.17) is 0 Å². The molecule has 0 saturated heterocycles. The molecular formula is C12H16F2N2O2S. The van der Waals surface area contributed by atoms with Crippen molar-refractivity contribution in [1.29, 1.82) is 0 Å². The Bertz CT molecular complexity index is 466. The fourth-order valence-electron chi connectivity index (χ4n) is 2.10. The number of hydrogen-bond acceptors (Lipinski definition) is 4. The SMILES string of the molecule is Cc1ncsc1C(=O)NCC1(O)CCC(F)(F)CC1. The van der Waals surface area contributed by atoms with Gasteiger partial charge in [0.15, 0.2) is 0 Å². The summed E-state index contributed by atoms with van der Waals surface area (Å²) in [5, 5.41) is 12.8. The normalized spacial score (nSPS) is 21.1. The first-order valence-corrected chi connectivity index (χ1v) is 6.98. The smallest absolute Gasteiger partial charge is 0.263 e. The molecule has 1 aliphatic rings. The van der Waals surface area contributed by atoms with Gasteiger partial charge in [-0.3, -0.25) is 4.79 Å². The Morgan fingerprint density at radius 1 is 1.47 bits per heavy atom. The third-order valence-corrected chi connectivity index (χ3v) is 4.37. The van der Waals surface area contributed by atoms with E-state index in [1.807, 2.05) is 0 Å². The Balaban J connectivity index is 1.89. The van der Waals surface area contributed by atoms with E-state index in [1.165, 1.54) is 11.3 Å². The molecule has 0 spiro atoms.